The zero-order chi connectivity index (χ0) is 19.6. The Labute approximate surface area is 165 Å². The quantitative estimate of drug-likeness (QED) is 0.372. The molecule has 1 aliphatic rings. The number of nitrogens with zero attached hydrogens (tertiary/aromatic N) is 2. The first kappa shape index (κ1) is 20.1. The third kappa shape index (κ3) is 7.15. The summed E-state index contributed by atoms with van der Waals surface area (Å²) in [4.78, 5) is 8.47. The maximum Gasteiger partial charge on any atom is 0.219 e. The number of aromatic nitrogens is 1. The molecule has 0 unspecified atom stereocenters. The van der Waals surface area contributed by atoms with Gasteiger partial charge in [0.05, 0.1) is 0 Å². The molecule has 2 aromatic rings. The average molecular weight is 386 g/mol. The summed E-state index contributed by atoms with van der Waals surface area (Å²) >= 11 is 0. The lowest BCUT2D eigenvalue weighted by atomic mass is 10.3. The van der Waals surface area contributed by atoms with E-state index in [0.29, 0.717) is 18.2 Å². The molecule has 7 heteroatoms. The van der Waals surface area contributed by atoms with Crippen LogP contribution < -0.4 is 15.4 Å². The number of guanidine groups is 1. The van der Waals surface area contributed by atoms with Crippen molar-refractivity contribution in [3.8, 4) is 11.6 Å². The molecule has 0 saturated heterocycles. The Bertz CT molecular complexity index is 763. The van der Waals surface area contributed by atoms with E-state index in [2.05, 4.69) is 20.6 Å². The third-order valence-electron chi connectivity index (χ3n) is 4.31. The van der Waals surface area contributed by atoms with Crippen molar-refractivity contribution in [2.75, 3.05) is 26.8 Å². The Morgan fingerprint density at radius 2 is 2.14 bits per heavy atom. The molecule has 150 valence electrons. The molecule has 1 aromatic heterocycles. The molecule has 1 aromatic carbocycles. The van der Waals surface area contributed by atoms with Crippen molar-refractivity contribution in [3.05, 3.63) is 54.0 Å². The first-order valence-electron chi connectivity index (χ1n) is 9.63. The largest absolute Gasteiger partial charge is 0.439 e. The molecule has 0 aliphatic heterocycles. The van der Waals surface area contributed by atoms with Gasteiger partial charge in [0, 0.05) is 51.7 Å². The first-order chi connectivity index (χ1) is 13.7. The van der Waals surface area contributed by atoms with Crippen molar-refractivity contribution >= 4 is 5.96 Å². The Hall–Kier alpha value is -2.67. The van der Waals surface area contributed by atoms with Crippen LogP contribution in [0.5, 0.6) is 11.6 Å². The second kappa shape index (κ2) is 10.6. The summed E-state index contributed by atoms with van der Waals surface area (Å²) in [5.74, 6) is 2.04. The van der Waals surface area contributed by atoms with Gasteiger partial charge in [0.1, 0.15) is 11.6 Å². The van der Waals surface area contributed by atoms with Gasteiger partial charge in [0.25, 0.3) is 0 Å². The van der Waals surface area contributed by atoms with Crippen molar-refractivity contribution in [2.45, 2.75) is 25.8 Å². The van der Waals surface area contributed by atoms with Gasteiger partial charge in [-0.2, -0.15) is 0 Å². The van der Waals surface area contributed by atoms with E-state index in [1.165, 1.54) is 25.0 Å². The molecule has 6 nitrogen and oxygen atoms in total. The summed E-state index contributed by atoms with van der Waals surface area (Å²) in [6.07, 6.45) is 5.31. The van der Waals surface area contributed by atoms with Gasteiger partial charge in [0.2, 0.25) is 5.88 Å². The topological polar surface area (TPSA) is 67.8 Å². The number of rotatable bonds is 10. The first-order valence-corrected chi connectivity index (χ1v) is 9.63. The minimum Gasteiger partial charge on any atom is -0.439 e. The lowest BCUT2D eigenvalue weighted by Crippen LogP contribution is -2.37. The number of benzene rings is 1. The normalized spacial score (nSPS) is 14.0. The van der Waals surface area contributed by atoms with E-state index >= 15 is 0 Å². The molecule has 2 N–H and O–H groups in total. The molecular weight excluding hydrogens is 359 g/mol. The molecule has 0 bridgehead atoms. The van der Waals surface area contributed by atoms with Crippen LogP contribution in [0.1, 0.15) is 24.8 Å². The molecule has 0 atom stereocenters. The van der Waals surface area contributed by atoms with Gasteiger partial charge < -0.3 is 20.1 Å². The van der Waals surface area contributed by atoms with Gasteiger partial charge in [0.15, 0.2) is 5.96 Å². The fourth-order valence-corrected chi connectivity index (χ4v) is 2.55. The van der Waals surface area contributed by atoms with Gasteiger partial charge >= 0.3 is 0 Å². The highest BCUT2D eigenvalue weighted by Gasteiger charge is 2.20. The van der Waals surface area contributed by atoms with E-state index < -0.39 is 0 Å². The second-order valence-electron chi connectivity index (χ2n) is 6.79. The predicted molar refractivity (Wildman–Crippen MR) is 107 cm³/mol. The van der Waals surface area contributed by atoms with E-state index in [1.54, 1.807) is 31.4 Å². The van der Waals surface area contributed by atoms with E-state index in [9.17, 15) is 4.39 Å². The molecule has 0 radical (unpaired) electrons. The summed E-state index contributed by atoms with van der Waals surface area (Å²) in [6.45, 7) is 3.07. The van der Waals surface area contributed by atoms with Crippen molar-refractivity contribution in [2.24, 2.45) is 10.9 Å². The fraction of sp³-hybridized carbons (Fsp3) is 0.429. The average Bonchev–Trinajstić information content (AvgIpc) is 3.52. The molecule has 28 heavy (non-hydrogen) atoms. The van der Waals surface area contributed by atoms with E-state index in [1.807, 2.05) is 6.07 Å². The Kier molecular flexibility index (Phi) is 7.61. The maximum absolute atomic E-state index is 13.2. The highest BCUT2D eigenvalue weighted by Crippen LogP contribution is 2.28. The minimum atomic E-state index is -0.341. The SMILES string of the molecule is CN=C(NCCCOCC1CC1)NCc1ccc(Oc2cccc(F)c2)nc1. The minimum absolute atomic E-state index is 0.341. The molecule has 1 fully saturated rings. The molecule has 0 spiro atoms. The summed E-state index contributed by atoms with van der Waals surface area (Å²) in [5, 5.41) is 6.52. The zero-order valence-electron chi connectivity index (χ0n) is 16.2. The van der Waals surface area contributed by atoms with Crippen molar-refractivity contribution in [1.29, 1.82) is 0 Å². The standard InChI is InChI=1S/C21H27FN4O2/c1-23-21(24-10-3-11-27-15-16-6-7-16)26-14-17-8-9-20(25-13-17)28-19-5-2-4-18(22)12-19/h2,4-5,8-9,12-13,16H,3,6-7,10-11,14-15H2,1H3,(H2,23,24,26). The molecule has 3 rings (SSSR count). The van der Waals surface area contributed by atoms with Gasteiger partial charge in [-0.15, -0.1) is 0 Å². The van der Waals surface area contributed by atoms with E-state index in [4.69, 9.17) is 9.47 Å². The number of hydrogen-bond donors (Lipinski definition) is 2. The van der Waals surface area contributed by atoms with Gasteiger partial charge in [-0.05, 0) is 42.9 Å². The number of pyridine rings is 1. The summed E-state index contributed by atoms with van der Waals surface area (Å²) < 4.78 is 24.4. The summed E-state index contributed by atoms with van der Waals surface area (Å²) in [7, 11) is 1.74. The molecule has 1 heterocycles. The predicted octanol–water partition coefficient (Wildman–Crippen LogP) is 3.49. The Morgan fingerprint density at radius 1 is 1.25 bits per heavy atom. The maximum atomic E-state index is 13.2. The number of hydrogen-bond acceptors (Lipinski definition) is 4. The van der Waals surface area contributed by atoms with Crippen LogP contribution in [0.3, 0.4) is 0 Å². The lowest BCUT2D eigenvalue weighted by molar-refractivity contribution is 0.123. The van der Waals surface area contributed by atoms with Crippen LogP contribution in [0.15, 0.2) is 47.6 Å². The third-order valence-corrected chi connectivity index (χ3v) is 4.31. The lowest BCUT2D eigenvalue weighted by Gasteiger charge is -2.12. The van der Waals surface area contributed by atoms with Gasteiger partial charge in [-0.3, -0.25) is 4.99 Å². The number of nitrogens with one attached hydrogen (secondary N) is 2. The summed E-state index contributed by atoms with van der Waals surface area (Å²) in [5.41, 5.74) is 0.988. The van der Waals surface area contributed by atoms with E-state index in [0.717, 1.165) is 43.6 Å². The molecule has 1 aliphatic carbocycles. The van der Waals surface area contributed by atoms with Crippen molar-refractivity contribution in [3.63, 3.8) is 0 Å². The molecule has 1 saturated carbocycles. The van der Waals surface area contributed by atoms with Crippen LogP contribution in [0.2, 0.25) is 0 Å². The van der Waals surface area contributed by atoms with Crippen LogP contribution in [0.25, 0.3) is 0 Å². The fourth-order valence-electron chi connectivity index (χ4n) is 2.55. The van der Waals surface area contributed by atoms with Crippen LogP contribution in [-0.4, -0.2) is 37.7 Å². The van der Waals surface area contributed by atoms with Crippen LogP contribution in [0.4, 0.5) is 4.39 Å². The smallest absolute Gasteiger partial charge is 0.219 e. The number of ether oxygens (including phenoxy) is 2. The number of aliphatic imine (C=N–C) groups is 1. The van der Waals surface area contributed by atoms with Crippen LogP contribution in [0, 0.1) is 11.7 Å². The van der Waals surface area contributed by atoms with Crippen molar-refractivity contribution < 1.29 is 13.9 Å². The van der Waals surface area contributed by atoms with E-state index in [-0.39, 0.29) is 5.82 Å². The zero-order valence-corrected chi connectivity index (χ0v) is 16.2. The highest BCUT2D eigenvalue weighted by molar-refractivity contribution is 5.79. The Balaban J connectivity index is 1.35. The van der Waals surface area contributed by atoms with Gasteiger partial charge in [-0.25, -0.2) is 9.37 Å². The van der Waals surface area contributed by atoms with Gasteiger partial charge in [-0.1, -0.05) is 12.1 Å². The molecule has 0 amide bonds. The monoisotopic (exact) mass is 386 g/mol. The molecular formula is C21H27FN4O2. The summed E-state index contributed by atoms with van der Waals surface area (Å²) in [6, 6.07) is 9.65. The Morgan fingerprint density at radius 3 is 2.86 bits per heavy atom. The van der Waals surface area contributed by atoms with Crippen LogP contribution >= 0.6 is 0 Å². The number of halogens is 1. The van der Waals surface area contributed by atoms with Crippen molar-refractivity contribution in [1.82, 2.24) is 15.6 Å². The highest BCUT2D eigenvalue weighted by atomic mass is 19.1. The van der Waals surface area contributed by atoms with Crippen LogP contribution in [-0.2, 0) is 11.3 Å². The second-order valence-corrected chi connectivity index (χ2v) is 6.79.